The maximum Gasteiger partial charge on any atom is 0.337 e. The number of aromatic nitrogens is 1. The molecule has 1 heterocycles. The number of hydrogen-bond acceptors (Lipinski definition) is 2. The van der Waals surface area contributed by atoms with E-state index >= 15 is 0 Å². The second kappa shape index (κ2) is 4.75. The fourth-order valence-electron chi connectivity index (χ4n) is 1.71. The number of rotatable bonds is 4. The molecule has 5 nitrogen and oxygen atoms in total. The standard InChI is InChI=1S/C13H11NO4/c15-12(16)3-1-2-8-4-5-11-9(6-8)10(7-14-11)13(17)18/h1-2,4-7,14H,3H2,(H,15,16)(H,17,18). The average molecular weight is 245 g/mol. The smallest absolute Gasteiger partial charge is 0.337 e. The lowest BCUT2D eigenvalue weighted by molar-refractivity contribution is -0.135. The number of aromatic amines is 1. The molecule has 5 heteroatoms. The predicted octanol–water partition coefficient (Wildman–Crippen LogP) is 2.35. The van der Waals surface area contributed by atoms with Gasteiger partial charge in [-0.3, -0.25) is 4.79 Å². The van der Waals surface area contributed by atoms with Crippen molar-refractivity contribution in [3.05, 3.63) is 41.6 Å². The van der Waals surface area contributed by atoms with E-state index in [1.807, 2.05) is 0 Å². The Morgan fingerprint density at radius 1 is 1.28 bits per heavy atom. The molecule has 2 rings (SSSR count). The summed E-state index contributed by atoms with van der Waals surface area (Å²) in [6, 6.07) is 5.28. The lowest BCUT2D eigenvalue weighted by Crippen LogP contribution is -1.93. The Kier molecular flexibility index (Phi) is 3.14. The Morgan fingerprint density at radius 2 is 2.06 bits per heavy atom. The number of aliphatic carboxylic acids is 1. The van der Waals surface area contributed by atoms with Crippen LogP contribution in [-0.4, -0.2) is 27.1 Å². The first-order valence-corrected chi connectivity index (χ1v) is 5.30. The highest BCUT2D eigenvalue weighted by Crippen LogP contribution is 2.20. The van der Waals surface area contributed by atoms with Gasteiger partial charge < -0.3 is 15.2 Å². The van der Waals surface area contributed by atoms with E-state index in [-0.39, 0.29) is 12.0 Å². The summed E-state index contributed by atoms with van der Waals surface area (Å²) in [6.07, 6.45) is 4.57. The summed E-state index contributed by atoms with van der Waals surface area (Å²) in [5, 5.41) is 18.1. The molecule has 0 amide bonds. The van der Waals surface area contributed by atoms with E-state index in [9.17, 15) is 9.59 Å². The first kappa shape index (κ1) is 11.9. The van der Waals surface area contributed by atoms with Crippen LogP contribution >= 0.6 is 0 Å². The van der Waals surface area contributed by atoms with Gasteiger partial charge in [-0.25, -0.2) is 4.79 Å². The number of carboxylic acid groups (broad SMARTS) is 2. The van der Waals surface area contributed by atoms with Crippen molar-refractivity contribution in [3.63, 3.8) is 0 Å². The monoisotopic (exact) mass is 245 g/mol. The van der Waals surface area contributed by atoms with Crippen LogP contribution < -0.4 is 0 Å². The van der Waals surface area contributed by atoms with Gasteiger partial charge in [-0.05, 0) is 17.7 Å². The fraction of sp³-hybridized carbons (Fsp3) is 0.0769. The van der Waals surface area contributed by atoms with Crippen LogP contribution in [0.1, 0.15) is 22.3 Å². The van der Waals surface area contributed by atoms with Gasteiger partial charge in [-0.15, -0.1) is 0 Å². The molecule has 18 heavy (non-hydrogen) atoms. The number of hydrogen-bond donors (Lipinski definition) is 3. The quantitative estimate of drug-likeness (QED) is 0.771. The van der Waals surface area contributed by atoms with Crippen LogP contribution in [0.25, 0.3) is 17.0 Å². The minimum Gasteiger partial charge on any atom is -0.481 e. The van der Waals surface area contributed by atoms with Crippen LogP contribution in [0, 0.1) is 0 Å². The van der Waals surface area contributed by atoms with E-state index in [0.29, 0.717) is 5.39 Å². The number of H-pyrrole nitrogens is 1. The third kappa shape index (κ3) is 2.40. The predicted molar refractivity (Wildman–Crippen MR) is 66.5 cm³/mol. The number of nitrogens with one attached hydrogen (secondary N) is 1. The van der Waals surface area contributed by atoms with Crippen molar-refractivity contribution < 1.29 is 19.8 Å². The van der Waals surface area contributed by atoms with Gasteiger partial charge in [0, 0.05) is 17.1 Å². The van der Waals surface area contributed by atoms with Gasteiger partial charge in [0.2, 0.25) is 0 Å². The Morgan fingerprint density at radius 3 is 2.72 bits per heavy atom. The first-order valence-electron chi connectivity index (χ1n) is 5.30. The zero-order valence-corrected chi connectivity index (χ0v) is 9.38. The molecular weight excluding hydrogens is 234 g/mol. The third-order valence-electron chi connectivity index (χ3n) is 2.54. The summed E-state index contributed by atoms with van der Waals surface area (Å²) in [6.45, 7) is 0. The van der Waals surface area contributed by atoms with Crippen molar-refractivity contribution in [1.29, 1.82) is 0 Å². The molecule has 0 aliphatic rings. The highest BCUT2D eigenvalue weighted by Gasteiger charge is 2.09. The Labute approximate surface area is 102 Å². The first-order chi connectivity index (χ1) is 8.58. The summed E-state index contributed by atoms with van der Waals surface area (Å²) in [4.78, 5) is 24.2. The van der Waals surface area contributed by atoms with E-state index in [0.717, 1.165) is 11.1 Å². The van der Waals surface area contributed by atoms with Crippen LogP contribution in [0.3, 0.4) is 0 Å². The maximum atomic E-state index is 11.0. The minimum atomic E-state index is -0.993. The molecule has 1 aromatic heterocycles. The molecule has 0 saturated carbocycles. The number of aromatic carboxylic acids is 1. The Balaban J connectivity index is 2.36. The molecule has 1 aromatic carbocycles. The Bertz CT molecular complexity index is 639. The summed E-state index contributed by atoms with van der Waals surface area (Å²) in [5.41, 5.74) is 1.71. The molecule has 0 unspecified atom stereocenters. The molecule has 0 radical (unpaired) electrons. The molecule has 92 valence electrons. The second-order valence-electron chi connectivity index (χ2n) is 3.81. The second-order valence-corrected chi connectivity index (χ2v) is 3.81. The molecule has 0 aliphatic heterocycles. The van der Waals surface area contributed by atoms with Gasteiger partial charge in [0.25, 0.3) is 0 Å². The number of carbonyl (C=O) groups is 2. The van der Waals surface area contributed by atoms with E-state index in [4.69, 9.17) is 10.2 Å². The topological polar surface area (TPSA) is 90.4 Å². The molecule has 0 aliphatic carbocycles. The van der Waals surface area contributed by atoms with Gasteiger partial charge in [0.1, 0.15) is 0 Å². The molecule has 0 bridgehead atoms. The van der Waals surface area contributed by atoms with Crippen molar-refractivity contribution >= 4 is 28.9 Å². The van der Waals surface area contributed by atoms with Gasteiger partial charge in [-0.1, -0.05) is 18.2 Å². The molecular formula is C13H11NO4. The molecule has 0 atom stereocenters. The lowest BCUT2D eigenvalue weighted by Gasteiger charge is -1.96. The van der Waals surface area contributed by atoms with Crippen molar-refractivity contribution in [2.24, 2.45) is 0 Å². The Hall–Kier alpha value is -2.56. The zero-order valence-electron chi connectivity index (χ0n) is 9.38. The summed E-state index contributed by atoms with van der Waals surface area (Å²) in [7, 11) is 0. The van der Waals surface area contributed by atoms with Gasteiger partial charge in [0.15, 0.2) is 0 Å². The van der Waals surface area contributed by atoms with Crippen molar-refractivity contribution in [2.45, 2.75) is 6.42 Å². The number of carboxylic acids is 2. The number of benzene rings is 1. The third-order valence-corrected chi connectivity index (χ3v) is 2.54. The number of fused-ring (bicyclic) bond motifs is 1. The van der Waals surface area contributed by atoms with Gasteiger partial charge in [0.05, 0.1) is 12.0 Å². The highest BCUT2D eigenvalue weighted by molar-refractivity contribution is 6.03. The molecule has 0 fully saturated rings. The van der Waals surface area contributed by atoms with Crippen LogP contribution in [0.15, 0.2) is 30.5 Å². The average Bonchev–Trinajstić information content (AvgIpc) is 2.71. The van der Waals surface area contributed by atoms with Gasteiger partial charge in [-0.2, -0.15) is 0 Å². The zero-order chi connectivity index (χ0) is 13.1. The molecule has 0 spiro atoms. The minimum absolute atomic E-state index is 0.0586. The van der Waals surface area contributed by atoms with E-state index in [1.165, 1.54) is 12.3 Å². The maximum absolute atomic E-state index is 11.0. The van der Waals surface area contributed by atoms with Crippen molar-refractivity contribution in [1.82, 2.24) is 4.98 Å². The van der Waals surface area contributed by atoms with Crippen LogP contribution in [-0.2, 0) is 4.79 Å². The largest absolute Gasteiger partial charge is 0.481 e. The summed E-state index contributed by atoms with van der Waals surface area (Å²) >= 11 is 0. The van der Waals surface area contributed by atoms with Crippen molar-refractivity contribution in [2.75, 3.05) is 0 Å². The normalized spacial score (nSPS) is 11.1. The molecule has 2 aromatic rings. The van der Waals surface area contributed by atoms with E-state index in [2.05, 4.69) is 4.98 Å². The van der Waals surface area contributed by atoms with E-state index in [1.54, 1.807) is 24.3 Å². The summed E-state index contributed by atoms with van der Waals surface area (Å²) < 4.78 is 0. The van der Waals surface area contributed by atoms with Gasteiger partial charge >= 0.3 is 11.9 Å². The lowest BCUT2D eigenvalue weighted by atomic mass is 10.1. The summed E-state index contributed by atoms with van der Waals surface area (Å²) in [5.74, 6) is -1.90. The molecule has 3 N–H and O–H groups in total. The van der Waals surface area contributed by atoms with Crippen LogP contribution in [0.2, 0.25) is 0 Å². The highest BCUT2D eigenvalue weighted by atomic mass is 16.4. The van der Waals surface area contributed by atoms with Crippen LogP contribution in [0.4, 0.5) is 0 Å². The van der Waals surface area contributed by atoms with Crippen LogP contribution in [0.5, 0.6) is 0 Å². The fourth-order valence-corrected chi connectivity index (χ4v) is 1.71. The van der Waals surface area contributed by atoms with Crippen molar-refractivity contribution in [3.8, 4) is 0 Å². The molecule has 0 saturated heterocycles. The SMILES string of the molecule is O=C(O)CC=Cc1ccc2[nH]cc(C(=O)O)c2c1. The van der Waals surface area contributed by atoms with E-state index < -0.39 is 11.9 Å².